The maximum absolute atomic E-state index is 13.7. The molecule has 0 aliphatic carbocycles. The highest BCUT2D eigenvalue weighted by atomic mass is 19.1. The van der Waals surface area contributed by atoms with Crippen molar-refractivity contribution in [3.05, 3.63) is 35.4 Å². The smallest absolute Gasteiger partial charge is 0.127 e. The first-order valence-corrected chi connectivity index (χ1v) is 7.05. The van der Waals surface area contributed by atoms with Gasteiger partial charge in [-0.15, -0.1) is 0 Å². The summed E-state index contributed by atoms with van der Waals surface area (Å²) >= 11 is 0. The Kier molecular flexibility index (Phi) is 3.54. The lowest BCUT2D eigenvalue weighted by Crippen LogP contribution is -2.54. The van der Waals surface area contributed by atoms with Gasteiger partial charge >= 0.3 is 0 Å². The zero-order chi connectivity index (χ0) is 13.4. The summed E-state index contributed by atoms with van der Waals surface area (Å²) in [5.74, 6) is -0.661. The molecule has 4 heteroatoms. The molecule has 0 spiro atoms. The van der Waals surface area contributed by atoms with Gasteiger partial charge in [0.2, 0.25) is 0 Å². The van der Waals surface area contributed by atoms with Gasteiger partial charge in [0.25, 0.3) is 0 Å². The van der Waals surface area contributed by atoms with Crippen LogP contribution in [-0.2, 0) is 6.54 Å². The predicted molar refractivity (Wildman–Crippen MR) is 70.8 cm³/mol. The summed E-state index contributed by atoms with van der Waals surface area (Å²) in [4.78, 5) is 4.81. The Hall–Kier alpha value is -1.00. The van der Waals surface area contributed by atoms with Gasteiger partial charge in [0, 0.05) is 37.3 Å². The van der Waals surface area contributed by atoms with Crippen molar-refractivity contribution in [3.63, 3.8) is 0 Å². The molecule has 2 aliphatic heterocycles. The molecule has 0 saturated carbocycles. The van der Waals surface area contributed by atoms with Crippen LogP contribution in [0.15, 0.2) is 18.2 Å². The lowest BCUT2D eigenvalue weighted by molar-refractivity contribution is 0.0532. The topological polar surface area (TPSA) is 6.48 Å². The predicted octanol–water partition coefficient (Wildman–Crippen LogP) is 2.63. The lowest BCUT2D eigenvalue weighted by atomic mass is 10.1. The molecule has 2 fully saturated rings. The average molecular weight is 266 g/mol. The average Bonchev–Trinajstić information content (AvgIpc) is 2.81. The van der Waals surface area contributed by atoms with Gasteiger partial charge in [-0.05, 0) is 44.5 Å². The quantitative estimate of drug-likeness (QED) is 0.812. The Balaban J connectivity index is 1.73. The third-order valence-corrected chi connectivity index (χ3v) is 4.45. The van der Waals surface area contributed by atoms with Crippen LogP contribution in [0.1, 0.15) is 25.3 Å². The van der Waals surface area contributed by atoms with Gasteiger partial charge in [-0.25, -0.2) is 8.78 Å². The van der Waals surface area contributed by atoms with Crippen LogP contribution in [0, 0.1) is 11.6 Å². The Bertz CT molecular complexity index is 463. The molecule has 2 aliphatic rings. The number of halogens is 2. The normalized spacial score (nSPS) is 28.6. The van der Waals surface area contributed by atoms with Crippen molar-refractivity contribution in [2.24, 2.45) is 0 Å². The number of fused-ring (bicyclic) bond motifs is 1. The zero-order valence-electron chi connectivity index (χ0n) is 11.3. The van der Waals surface area contributed by atoms with E-state index in [1.807, 2.05) is 0 Å². The number of benzene rings is 1. The van der Waals surface area contributed by atoms with Crippen molar-refractivity contribution >= 4 is 0 Å². The fraction of sp³-hybridized carbons (Fsp3) is 0.600. The molecule has 104 valence electrons. The summed E-state index contributed by atoms with van der Waals surface area (Å²) in [7, 11) is 0. The summed E-state index contributed by atoms with van der Waals surface area (Å²) in [6.07, 6.45) is 2.49. The molecule has 2 heterocycles. The third-order valence-electron chi connectivity index (χ3n) is 4.45. The van der Waals surface area contributed by atoms with Crippen LogP contribution in [-0.4, -0.2) is 41.5 Å². The maximum atomic E-state index is 13.7. The fourth-order valence-electron chi connectivity index (χ4n) is 3.35. The molecule has 2 saturated heterocycles. The number of hydrogen-bond acceptors (Lipinski definition) is 2. The highest BCUT2D eigenvalue weighted by molar-refractivity contribution is 5.19. The van der Waals surface area contributed by atoms with Crippen LogP contribution in [0.4, 0.5) is 8.78 Å². The molecule has 0 N–H and O–H groups in total. The molecule has 0 amide bonds. The van der Waals surface area contributed by atoms with E-state index in [0.717, 1.165) is 13.1 Å². The van der Waals surface area contributed by atoms with Crippen molar-refractivity contribution in [2.45, 2.75) is 38.4 Å². The molecule has 0 radical (unpaired) electrons. The molecule has 0 unspecified atom stereocenters. The molecular formula is C15H20F2N2. The molecule has 0 aromatic heterocycles. The lowest BCUT2D eigenvalue weighted by Gasteiger charge is -2.42. The van der Waals surface area contributed by atoms with Crippen LogP contribution in [0.2, 0.25) is 0 Å². The summed E-state index contributed by atoms with van der Waals surface area (Å²) in [5, 5.41) is 0. The molecule has 0 bridgehead atoms. The molecular weight excluding hydrogens is 246 g/mol. The van der Waals surface area contributed by atoms with E-state index < -0.39 is 0 Å². The van der Waals surface area contributed by atoms with Gasteiger partial charge in [-0.2, -0.15) is 0 Å². The van der Waals surface area contributed by atoms with Gasteiger partial charge in [0.1, 0.15) is 11.6 Å². The third kappa shape index (κ3) is 2.65. The maximum Gasteiger partial charge on any atom is 0.127 e. The first-order valence-electron chi connectivity index (χ1n) is 7.05. The van der Waals surface area contributed by atoms with E-state index in [4.69, 9.17) is 0 Å². The summed E-state index contributed by atoms with van der Waals surface area (Å²) < 4.78 is 26.9. The van der Waals surface area contributed by atoms with Gasteiger partial charge < -0.3 is 0 Å². The van der Waals surface area contributed by atoms with Gasteiger partial charge in [-0.3, -0.25) is 9.80 Å². The van der Waals surface area contributed by atoms with Crippen molar-refractivity contribution < 1.29 is 8.78 Å². The van der Waals surface area contributed by atoms with E-state index in [0.29, 0.717) is 24.2 Å². The first kappa shape index (κ1) is 13.0. The van der Waals surface area contributed by atoms with Gasteiger partial charge in [0.05, 0.1) is 0 Å². The minimum absolute atomic E-state index is 0.303. The first-order chi connectivity index (χ1) is 9.13. The van der Waals surface area contributed by atoms with Crippen LogP contribution in [0.5, 0.6) is 0 Å². The molecule has 19 heavy (non-hydrogen) atoms. The number of piperazine rings is 1. The second-order valence-corrected chi connectivity index (χ2v) is 5.81. The van der Waals surface area contributed by atoms with Crippen LogP contribution in [0.3, 0.4) is 0 Å². The number of nitrogens with zero attached hydrogens (tertiary/aromatic N) is 2. The van der Waals surface area contributed by atoms with Crippen LogP contribution in [0.25, 0.3) is 0 Å². The zero-order valence-corrected chi connectivity index (χ0v) is 11.3. The Labute approximate surface area is 113 Å². The molecule has 2 atom stereocenters. The van der Waals surface area contributed by atoms with E-state index in [2.05, 4.69) is 16.7 Å². The Morgan fingerprint density at radius 1 is 1.26 bits per heavy atom. The summed E-state index contributed by atoms with van der Waals surface area (Å²) in [6, 6.07) is 4.73. The SMILES string of the molecule is C[C@@H]1CN2CCC[C@@H]2CN1Cc1cc(F)ccc1F. The van der Waals surface area contributed by atoms with E-state index >= 15 is 0 Å². The van der Waals surface area contributed by atoms with Gasteiger partial charge in [-0.1, -0.05) is 0 Å². The van der Waals surface area contributed by atoms with Crippen molar-refractivity contribution in [2.75, 3.05) is 19.6 Å². The second-order valence-electron chi connectivity index (χ2n) is 5.81. The fourth-order valence-corrected chi connectivity index (χ4v) is 3.35. The number of rotatable bonds is 2. The van der Waals surface area contributed by atoms with E-state index in [9.17, 15) is 8.78 Å². The van der Waals surface area contributed by atoms with E-state index in [-0.39, 0.29) is 11.6 Å². The van der Waals surface area contributed by atoms with E-state index in [1.54, 1.807) is 0 Å². The van der Waals surface area contributed by atoms with Crippen molar-refractivity contribution in [1.82, 2.24) is 9.80 Å². The minimum atomic E-state index is -0.358. The summed E-state index contributed by atoms with van der Waals surface area (Å²) in [6.45, 7) is 5.89. The summed E-state index contributed by atoms with van der Waals surface area (Å²) in [5.41, 5.74) is 0.471. The molecule has 1 aromatic carbocycles. The number of hydrogen-bond donors (Lipinski definition) is 0. The molecule has 1 aromatic rings. The Morgan fingerprint density at radius 2 is 2.11 bits per heavy atom. The second kappa shape index (κ2) is 5.17. The molecule has 2 nitrogen and oxygen atoms in total. The van der Waals surface area contributed by atoms with E-state index in [1.165, 1.54) is 37.6 Å². The van der Waals surface area contributed by atoms with Gasteiger partial charge in [0.15, 0.2) is 0 Å². The largest absolute Gasteiger partial charge is 0.298 e. The van der Waals surface area contributed by atoms with Crippen LogP contribution < -0.4 is 0 Å². The van der Waals surface area contributed by atoms with Crippen molar-refractivity contribution in [3.8, 4) is 0 Å². The van der Waals surface area contributed by atoms with Crippen molar-refractivity contribution in [1.29, 1.82) is 0 Å². The highest BCUT2D eigenvalue weighted by Crippen LogP contribution is 2.26. The standard InChI is InChI=1S/C15H20F2N2/c1-11-8-18-6-2-3-14(18)10-19(11)9-12-7-13(16)4-5-15(12)17/h4-5,7,11,14H,2-3,6,8-10H2,1H3/t11-,14-/m1/s1. The Morgan fingerprint density at radius 3 is 2.95 bits per heavy atom. The monoisotopic (exact) mass is 266 g/mol. The highest BCUT2D eigenvalue weighted by Gasteiger charge is 2.34. The molecule has 3 rings (SSSR count). The minimum Gasteiger partial charge on any atom is -0.298 e. The van der Waals surface area contributed by atoms with Crippen LogP contribution >= 0.6 is 0 Å².